The molecule has 0 unspecified atom stereocenters. The maximum Gasteiger partial charge on any atom is 0.185 e. The van der Waals surface area contributed by atoms with Crippen LogP contribution < -0.4 is 5.32 Å². The van der Waals surface area contributed by atoms with Gasteiger partial charge in [0.25, 0.3) is 0 Å². The van der Waals surface area contributed by atoms with E-state index in [2.05, 4.69) is 35.9 Å². The molecule has 0 amide bonds. The lowest BCUT2D eigenvalue weighted by Gasteiger charge is -2.27. The zero-order valence-corrected chi connectivity index (χ0v) is 15.7. The molecule has 148 valence electrons. The molecule has 2 aromatic heterocycles. The van der Waals surface area contributed by atoms with E-state index in [4.69, 9.17) is 0 Å². The van der Waals surface area contributed by atoms with Gasteiger partial charge in [-0.15, -0.1) is 25.2 Å². The van der Waals surface area contributed by atoms with Crippen molar-refractivity contribution in [2.45, 2.75) is 44.4 Å². The lowest BCUT2D eigenvalue weighted by molar-refractivity contribution is 0.270. The van der Waals surface area contributed by atoms with E-state index < -0.39 is 6.17 Å². The summed E-state index contributed by atoms with van der Waals surface area (Å²) >= 11 is 0. The van der Waals surface area contributed by atoms with Gasteiger partial charge in [-0.3, -0.25) is 0 Å². The van der Waals surface area contributed by atoms with Crippen molar-refractivity contribution in [3.8, 4) is 22.8 Å². The molecule has 2 aliphatic rings. The molecule has 2 fully saturated rings. The fourth-order valence-corrected chi connectivity index (χ4v) is 3.93. The molecule has 0 aliphatic carbocycles. The molecule has 2 saturated heterocycles. The third-order valence-electron chi connectivity index (χ3n) is 5.34. The average molecular weight is 394 g/mol. The number of rotatable bonds is 3. The number of nitrogens with zero attached hydrogens (tertiary/aromatic N) is 7. The molecule has 0 saturated carbocycles. The van der Waals surface area contributed by atoms with Crippen molar-refractivity contribution >= 4 is 6.08 Å². The largest absolute Gasteiger partial charge is 0.507 e. The SMILES string of the molecule is Cc1nnn(-c2ccc(-c3ncc(/C=C4\C[C@H]5CC[C@H](N5)[C@H]4F)nn3)c(O)c2)n1. The topological polar surface area (TPSA) is 115 Å². The van der Waals surface area contributed by atoms with E-state index >= 15 is 0 Å². The minimum absolute atomic E-state index is 0.0240. The summed E-state index contributed by atoms with van der Waals surface area (Å²) in [5.74, 6) is 0.785. The number of aromatic hydroxyl groups is 1. The summed E-state index contributed by atoms with van der Waals surface area (Å²) in [5.41, 5.74) is 2.24. The second-order valence-electron chi connectivity index (χ2n) is 7.41. The van der Waals surface area contributed by atoms with E-state index in [1.165, 1.54) is 10.9 Å². The van der Waals surface area contributed by atoms with Crippen molar-refractivity contribution in [2.24, 2.45) is 0 Å². The van der Waals surface area contributed by atoms with Crippen molar-refractivity contribution in [3.05, 3.63) is 41.5 Å². The number of nitrogens with one attached hydrogen (secondary N) is 1. The van der Waals surface area contributed by atoms with Crippen LogP contribution in [0, 0.1) is 6.92 Å². The summed E-state index contributed by atoms with van der Waals surface area (Å²) in [6.45, 7) is 1.73. The predicted octanol–water partition coefficient (Wildman–Crippen LogP) is 1.77. The highest BCUT2D eigenvalue weighted by Gasteiger charge is 2.38. The van der Waals surface area contributed by atoms with Gasteiger partial charge in [-0.25, -0.2) is 9.37 Å². The van der Waals surface area contributed by atoms with Crippen LogP contribution in [0.5, 0.6) is 5.75 Å². The van der Waals surface area contributed by atoms with Crippen LogP contribution >= 0.6 is 0 Å². The van der Waals surface area contributed by atoms with E-state index in [-0.39, 0.29) is 17.6 Å². The first kappa shape index (κ1) is 17.8. The molecule has 0 spiro atoms. The van der Waals surface area contributed by atoms with Gasteiger partial charge in [0.15, 0.2) is 11.6 Å². The molecule has 3 atom stereocenters. The number of halogens is 1. The molecule has 4 heterocycles. The lowest BCUT2D eigenvalue weighted by atomic mass is 9.96. The van der Waals surface area contributed by atoms with Gasteiger partial charge in [-0.1, -0.05) is 0 Å². The van der Waals surface area contributed by atoms with Crippen LogP contribution in [0.3, 0.4) is 0 Å². The van der Waals surface area contributed by atoms with Crippen LogP contribution in [-0.4, -0.2) is 58.8 Å². The number of benzene rings is 1. The molecule has 5 rings (SSSR count). The van der Waals surface area contributed by atoms with Crippen LogP contribution in [0.25, 0.3) is 23.2 Å². The Morgan fingerprint density at radius 2 is 2.14 bits per heavy atom. The third kappa shape index (κ3) is 3.35. The van der Waals surface area contributed by atoms with Crippen molar-refractivity contribution in [2.75, 3.05) is 0 Å². The maximum atomic E-state index is 14.6. The van der Waals surface area contributed by atoms with Crippen LogP contribution in [0.2, 0.25) is 0 Å². The van der Waals surface area contributed by atoms with E-state index in [1.54, 1.807) is 31.3 Å². The molecule has 3 aromatic rings. The van der Waals surface area contributed by atoms with Crippen molar-refractivity contribution in [3.63, 3.8) is 0 Å². The first-order chi connectivity index (χ1) is 14.1. The van der Waals surface area contributed by atoms with E-state index in [1.807, 2.05) is 0 Å². The highest BCUT2D eigenvalue weighted by molar-refractivity contribution is 5.65. The molecule has 0 radical (unpaired) electrons. The summed E-state index contributed by atoms with van der Waals surface area (Å²) in [6, 6.07) is 5.15. The smallest absolute Gasteiger partial charge is 0.185 e. The molecule has 2 aliphatic heterocycles. The van der Waals surface area contributed by atoms with Gasteiger partial charge >= 0.3 is 0 Å². The minimum Gasteiger partial charge on any atom is -0.507 e. The van der Waals surface area contributed by atoms with Crippen molar-refractivity contribution in [1.82, 2.24) is 40.7 Å². The Bertz CT molecular complexity index is 1080. The number of aryl methyl sites for hydroxylation is 1. The van der Waals surface area contributed by atoms with Crippen LogP contribution in [0.4, 0.5) is 4.39 Å². The number of hydrogen-bond donors (Lipinski definition) is 2. The van der Waals surface area contributed by atoms with Gasteiger partial charge in [-0.2, -0.15) is 0 Å². The standard InChI is InChI=1S/C19H19FN8O/c1-10-23-27-28(26-10)14-3-4-15(17(29)8-14)19-21-9-13(24-25-19)7-11-6-12-2-5-16(22-12)18(11)20/h3-4,7-9,12,16,18,22,29H,2,5-6H2,1H3/b11-7+/t12-,16+,18+/m1/s1. The highest BCUT2D eigenvalue weighted by Crippen LogP contribution is 2.34. The van der Waals surface area contributed by atoms with Crippen molar-refractivity contribution < 1.29 is 9.50 Å². The Balaban J connectivity index is 1.38. The number of aromatic nitrogens is 7. The summed E-state index contributed by atoms with van der Waals surface area (Å²) in [4.78, 5) is 5.62. The zero-order valence-electron chi connectivity index (χ0n) is 15.7. The van der Waals surface area contributed by atoms with E-state index in [0.717, 1.165) is 18.4 Å². The van der Waals surface area contributed by atoms with Gasteiger partial charge < -0.3 is 10.4 Å². The fraction of sp³-hybridized carbons (Fsp3) is 0.368. The molecule has 2 N–H and O–H groups in total. The second kappa shape index (κ2) is 6.96. The van der Waals surface area contributed by atoms with Gasteiger partial charge in [0, 0.05) is 18.2 Å². The maximum absolute atomic E-state index is 14.6. The van der Waals surface area contributed by atoms with Gasteiger partial charge in [0.05, 0.1) is 17.4 Å². The summed E-state index contributed by atoms with van der Waals surface area (Å²) in [7, 11) is 0. The van der Waals surface area contributed by atoms with Gasteiger partial charge in [0.2, 0.25) is 0 Å². The van der Waals surface area contributed by atoms with Crippen LogP contribution in [-0.2, 0) is 0 Å². The minimum atomic E-state index is -0.999. The predicted molar refractivity (Wildman–Crippen MR) is 102 cm³/mol. The van der Waals surface area contributed by atoms with Gasteiger partial charge in [-0.05, 0) is 55.2 Å². The number of hydrogen-bond acceptors (Lipinski definition) is 8. The fourth-order valence-electron chi connectivity index (χ4n) is 3.93. The zero-order chi connectivity index (χ0) is 20.0. The quantitative estimate of drug-likeness (QED) is 0.691. The van der Waals surface area contributed by atoms with E-state index in [0.29, 0.717) is 35.2 Å². The third-order valence-corrected chi connectivity index (χ3v) is 5.34. The Morgan fingerprint density at radius 1 is 1.24 bits per heavy atom. The normalized spacial score (nSPS) is 24.9. The molecule has 1 aromatic carbocycles. The summed E-state index contributed by atoms with van der Waals surface area (Å²) in [6.07, 6.45) is 4.83. The van der Waals surface area contributed by atoms with Crippen LogP contribution in [0.1, 0.15) is 30.8 Å². The van der Waals surface area contributed by atoms with Gasteiger partial charge in [0.1, 0.15) is 17.6 Å². The van der Waals surface area contributed by atoms with Crippen molar-refractivity contribution in [1.29, 1.82) is 0 Å². The molecular formula is C19H19FN8O. The molecule has 29 heavy (non-hydrogen) atoms. The van der Waals surface area contributed by atoms with E-state index in [9.17, 15) is 9.50 Å². The molecule has 10 heteroatoms. The first-order valence-electron chi connectivity index (χ1n) is 9.47. The monoisotopic (exact) mass is 394 g/mol. The average Bonchev–Trinajstić information content (AvgIpc) is 3.33. The Morgan fingerprint density at radius 3 is 2.86 bits per heavy atom. The number of alkyl halides is 1. The highest BCUT2D eigenvalue weighted by atomic mass is 19.1. The number of tetrazole rings is 1. The Labute approximate surface area is 165 Å². The number of fused-ring (bicyclic) bond motifs is 2. The molecule has 9 nitrogen and oxygen atoms in total. The van der Waals surface area contributed by atoms with Crippen LogP contribution in [0.15, 0.2) is 30.0 Å². The lowest BCUT2D eigenvalue weighted by Crippen LogP contribution is -2.42. The first-order valence-corrected chi connectivity index (χ1v) is 9.47. The number of phenolic OH excluding ortho intramolecular Hbond substituents is 1. The number of piperidine rings is 1. The Hall–Kier alpha value is -3.27. The molecule has 2 bridgehead atoms. The Kier molecular flexibility index (Phi) is 4.27. The molecular weight excluding hydrogens is 375 g/mol. The summed E-state index contributed by atoms with van der Waals surface area (Å²) < 4.78 is 14.6. The summed E-state index contributed by atoms with van der Waals surface area (Å²) in [5, 5.41) is 33.8. The second-order valence-corrected chi connectivity index (χ2v) is 7.41. The number of phenols is 1.